The van der Waals surface area contributed by atoms with Crippen molar-refractivity contribution in [1.82, 2.24) is 14.8 Å². The van der Waals surface area contributed by atoms with Crippen molar-refractivity contribution in [3.63, 3.8) is 0 Å². The third kappa shape index (κ3) is 11.8. The van der Waals surface area contributed by atoms with Crippen molar-refractivity contribution in [3.05, 3.63) is 209 Å². The van der Waals surface area contributed by atoms with Gasteiger partial charge in [-0.2, -0.15) is 0 Å². The minimum absolute atomic E-state index is 0.0861. The van der Waals surface area contributed by atoms with E-state index < -0.39 is 0 Å². The average molecular weight is 972 g/mol. The van der Waals surface area contributed by atoms with Gasteiger partial charge in [0.2, 0.25) is 0 Å². The number of benzene rings is 8. The van der Waals surface area contributed by atoms with Crippen LogP contribution >= 0.6 is 0 Å². The molecule has 3 heteroatoms. The lowest BCUT2D eigenvalue weighted by molar-refractivity contribution is 0.590. The van der Waals surface area contributed by atoms with E-state index >= 15 is 0 Å². The second-order valence-corrected chi connectivity index (χ2v) is 22.9. The minimum Gasteiger partial charge on any atom is -0.217 e. The predicted molar refractivity (Wildman–Crippen MR) is 318 cm³/mol. The number of rotatable bonds is 16. The predicted octanol–water partition coefficient (Wildman–Crippen LogP) is 19.8. The molecule has 1 heterocycles. The second-order valence-electron chi connectivity index (χ2n) is 22.9. The standard InChI is InChI=1S/C71H77N3/c1-12-15-19-50-23-27-52(28-24-50)59-42-60(53-29-25-51(26-30-53)20-16-13-2)45-63(44-59)56-21-17-22-57(41-56)69-72-67(18-14-3)74(73-69)68-48(4)39-58(40-49(68)5)64-46-61(54-31-35-65(36-32-54)70(6,7)8)43-62(47-64)55-33-37-66(38-34-55)71(9,10)11/h17,21-47H,12-16,18-20H2,1-11H3. The normalized spacial score (nSPS) is 11.9. The van der Waals surface area contributed by atoms with Crippen LogP contribution in [-0.4, -0.2) is 14.8 Å². The van der Waals surface area contributed by atoms with E-state index in [-0.39, 0.29) is 10.8 Å². The van der Waals surface area contributed by atoms with Crippen LogP contribution in [0.1, 0.15) is 134 Å². The number of hydrogen-bond donors (Lipinski definition) is 0. The van der Waals surface area contributed by atoms with Gasteiger partial charge in [0, 0.05) is 12.0 Å². The maximum Gasteiger partial charge on any atom is 0.181 e. The molecule has 376 valence electrons. The first kappa shape index (κ1) is 51.8. The fourth-order valence-corrected chi connectivity index (χ4v) is 10.4. The van der Waals surface area contributed by atoms with E-state index in [2.05, 4.69) is 251 Å². The fourth-order valence-electron chi connectivity index (χ4n) is 10.4. The highest BCUT2D eigenvalue weighted by Crippen LogP contribution is 2.39. The highest BCUT2D eigenvalue weighted by Gasteiger charge is 2.20. The Morgan fingerprint density at radius 1 is 0.365 bits per heavy atom. The molecule has 0 aliphatic rings. The molecular weight excluding hydrogens is 895 g/mol. The van der Waals surface area contributed by atoms with Gasteiger partial charge in [0.1, 0.15) is 5.82 Å². The van der Waals surface area contributed by atoms with Gasteiger partial charge in [0.15, 0.2) is 5.82 Å². The maximum absolute atomic E-state index is 5.38. The molecule has 0 spiro atoms. The van der Waals surface area contributed by atoms with E-state index in [0.29, 0.717) is 0 Å². The number of hydrogen-bond acceptors (Lipinski definition) is 2. The van der Waals surface area contributed by atoms with Gasteiger partial charge in [0.25, 0.3) is 0 Å². The molecule has 0 bridgehead atoms. The molecule has 0 unspecified atom stereocenters. The Labute approximate surface area is 443 Å². The monoisotopic (exact) mass is 972 g/mol. The summed E-state index contributed by atoms with van der Waals surface area (Å²) >= 11 is 0. The summed E-state index contributed by atoms with van der Waals surface area (Å²) in [5, 5.41) is 5.38. The number of nitrogens with zero attached hydrogens (tertiary/aromatic N) is 3. The number of unbranched alkanes of at least 4 members (excludes halogenated alkanes) is 2. The Bertz CT molecular complexity index is 3180. The lowest BCUT2D eigenvalue weighted by Crippen LogP contribution is -2.10. The van der Waals surface area contributed by atoms with Gasteiger partial charge >= 0.3 is 0 Å². The van der Waals surface area contributed by atoms with Gasteiger partial charge in [-0.1, -0.05) is 190 Å². The summed E-state index contributed by atoms with van der Waals surface area (Å²) in [5.74, 6) is 1.72. The van der Waals surface area contributed by atoms with E-state index in [9.17, 15) is 0 Å². The van der Waals surface area contributed by atoms with Crippen LogP contribution in [0.3, 0.4) is 0 Å². The SMILES string of the molecule is CCCCc1ccc(-c2cc(-c3ccc(CCCC)cc3)cc(-c3cccc(-c4nc(CCC)n(-c5c(C)cc(-c6cc(-c7ccc(C(C)(C)C)cc7)cc(-c7ccc(C(C)(C)C)cc7)c6)cc5C)n4)c3)c2)cc1. The number of aryl methyl sites for hydroxylation is 5. The zero-order valence-electron chi connectivity index (χ0n) is 46.2. The Balaban J connectivity index is 1.09. The van der Waals surface area contributed by atoms with Crippen molar-refractivity contribution in [2.24, 2.45) is 0 Å². The molecule has 0 aliphatic carbocycles. The molecule has 74 heavy (non-hydrogen) atoms. The molecule has 0 aliphatic heterocycles. The van der Waals surface area contributed by atoms with Gasteiger partial charge in [-0.25, -0.2) is 9.67 Å². The van der Waals surface area contributed by atoms with Crippen molar-refractivity contribution in [3.8, 4) is 83.8 Å². The molecule has 0 saturated heterocycles. The molecule has 3 nitrogen and oxygen atoms in total. The van der Waals surface area contributed by atoms with Crippen molar-refractivity contribution >= 4 is 0 Å². The largest absolute Gasteiger partial charge is 0.217 e. The van der Waals surface area contributed by atoms with E-state index in [1.807, 2.05) is 0 Å². The summed E-state index contributed by atoms with van der Waals surface area (Å²) in [7, 11) is 0. The Kier molecular flexibility index (Phi) is 15.5. The van der Waals surface area contributed by atoms with Crippen molar-refractivity contribution in [2.75, 3.05) is 0 Å². The molecule has 0 saturated carbocycles. The van der Waals surface area contributed by atoms with E-state index in [4.69, 9.17) is 10.1 Å². The molecule has 0 fully saturated rings. The molecular formula is C71H77N3. The van der Waals surface area contributed by atoms with Crippen LogP contribution in [0, 0.1) is 13.8 Å². The Morgan fingerprint density at radius 3 is 1.11 bits per heavy atom. The summed E-state index contributed by atoms with van der Waals surface area (Å²) in [4.78, 5) is 5.32. The third-order valence-corrected chi connectivity index (χ3v) is 14.9. The topological polar surface area (TPSA) is 30.7 Å². The summed E-state index contributed by atoms with van der Waals surface area (Å²) in [5.41, 5.74) is 24.5. The average Bonchev–Trinajstić information content (AvgIpc) is 3.82. The minimum atomic E-state index is 0.0861. The fraction of sp³-hybridized carbons (Fsp3) is 0.296. The van der Waals surface area contributed by atoms with Gasteiger partial charge in [0.05, 0.1) is 5.69 Å². The lowest BCUT2D eigenvalue weighted by Gasteiger charge is -2.20. The maximum atomic E-state index is 5.38. The smallest absolute Gasteiger partial charge is 0.181 e. The zero-order chi connectivity index (χ0) is 52.1. The molecule has 9 aromatic rings. The first-order valence-electron chi connectivity index (χ1n) is 27.5. The highest BCUT2D eigenvalue weighted by molar-refractivity contribution is 5.84. The summed E-state index contributed by atoms with van der Waals surface area (Å²) < 4.78 is 2.13. The van der Waals surface area contributed by atoms with Crippen LogP contribution < -0.4 is 0 Å². The van der Waals surface area contributed by atoms with E-state index in [1.165, 1.54) is 120 Å². The Hall–Kier alpha value is -7.10. The third-order valence-electron chi connectivity index (χ3n) is 14.9. The van der Waals surface area contributed by atoms with Gasteiger partial charge in [-0.15, -0.1) is 5.10 Å². The lowest BCUT2D eigenvalue weighted by atomic mass is 9.85. The summed E-state index contributed by atoms with van der Waals surface area (Å²) in [6.07, 6.45) is 8.83. The zero-order valence-corrected chi connectivity index (χ0v) is 46.2. The first-order valence-corrected chi connectivity index (χ1v) is 27.5. The van der Waals surface area contributed by atoms with E-state index in [0.717, 1.165) is 54.1 Å². The first-order chi connectivity index (χ1) is 35.6. The van der Waals surface area contributed by atoms with Crippen LogP contribution in [0.4, 0.5) is 0 Å². The molecule has 0 N–H and O–H groups in total. The van der Waals surface area contributed by atoms with Crippen molar-refractivity contribution < 1.29 is 0 Å². The van der Waals surface area contributed by atoms with Gasteiger partial charge in [-0.3, -0.25) is 0 Å². The van der Waals surface area contributed by atoms with Crippen LogP contribution in [0.15, 0.2) is 170 Å². The quantitative estimate of drug-likeness (QED) is 0.0966. The van der Waals surface area contributed by atoms with Gasteiger partial charge in [-0.05, 0) is 212 Å². The van der Waals surface area contributed by atoms with Crippen LogP contribution in [0.5, 0.6) is 0 Å². The summed E-state index contributed by atoms with van der Waals surface area (Å²) in [6, 6.07) is 64.4. The highest BCUT2D eigenvalue weighted by atomic mass is 15.4. The Morgan fingerprint density at radius 2 is 0.716 bits per heavy atom. The molecule has 8 aromatic carbocycles. The van der Waals surface area contributed by atoms with Crippen LogP contribution in [-0.2, 0) is 30.1 Å². The van der Waals surface area contributed by atoms with Gasteiger partial charge < -0.3 is 0 Å². The molecule has 1 aromatic heterocycles. The van der Waals surface area contributed by atoms with E-state index in [1.54, 1.807) is 0 Å². The van der Waals surface area contributed by atoms with Crippen LogP contribution in [0.2, 0.25) is 0 Å². The second kappa shape index (κ2) is 22.2. The molecule has 9 rings (SSSR count). The molecule has 0 atom stereocenters. The summed E-state index contributed by atoms with van der Waals surface area (Å²) in [6.45, 7) is 24.9. The van der Waals surface area contributed by atoms with Crippen molar-refractivity contribution in [1.29, 1.82) is 0 Å². The van der Waals surface area contributed by atoms with Crippen molar-refractivity contribution in [2.45, 2.75) is 138 Å². The number of aromatic nitrogens is 3. The molecule has 0 radical (unpaired) electrons. The van der Waals surface area contributed by atoms with Crippen LogP contribution in [0.25, 0.3) is 83.8 Å². The molecule has 0 amide bonds.